The minimum absolute atomic E-state index is 0.0586. The normalized spacial score (nSPS) is 16.5. The average Bonchev–Trinajstić information content (AvgIpc) is 3.19. The summed E-state index contributed by atoms with van der Waals surface area (Å²) >= 11 is 0. The van der Waals surface area contributed by atoms with E-state index in [4.69, 9.17) is 0 Å². The van der Waals surface area contributed by atoms with Gasteiger partial charge in [-0.15, -0.1) is 0 Å². The van der Waals surface area contributed by atoms with Crippen molar-refractivity contribution in [3.05, 3.63) is 34.1 Å². The molecule has 98 valence electrons. The van der Waals surface area contributed by atoms with Crippen LogP contribution >= 0.6 is 0 Å². The van der Waals surface area contributed by atoms with Gasteiger partial charge in [0.15, 0.2) is 0 Å². The van der Waals surface area contributed by atoms with Gasteiger partial charge in [0.1, 0.15) is 6.20 Å². The molecule has 5 nitrogen and oxygen atoms in total. The van der Waals surface area contributed by atoms with Gasteiger partial charge in [-0.1, -0.05) is 6.92 Å². The minimum Gasteiger partial charge on any atom is -0.313 e. The van der Waals surface area contributed by atoms with Crippen LogP contribution in [0.5, 0.6) is 0 Å². The third-order valence-corrected chi connectivity index (χ3v) is 3.30. The van der Waals surface area contributed by atoms with E-state index in [2.05, 4.69) is 17.2 Å². The maximum atomic E-state index is 10.5. The van der Waals surface area contributed by atoms with Gasteiger partial charge in [-0.05, 0) is 37.8 Å². The molecule has 0 amide bonds. The highest BCUT2D eigenvalue weighted by molar-refractivity contribution is 5.27. The van der Waals surface area contributed by atoms with Gasteiger partial charge >= 0.3 is 0 Å². The van der Waals surface area contributed by atoms with Crippen LogP contribution in [0, 0.1) is 16.0 Å². The third-order valence-electron chi connectivity index (χ3n) is 3.30. The van der Waals surface area contributed by atoms with E-state index in [1.807, 2.05) is 0 Å². The molecule has 0 spiro atoms. The van der Waals surface area contributed by atoms with Gasteiger partial charge in [0.2, 0.25) is 0 Å². The molecular weight excluding hydrogens is 230 g/mol. The molecule has 1 aromatic heterocycles. The van der Waals surface area contributed by atoms with Crippen LogP contribution in [0.25, 0.3) is 0 Å². The van der Waals surface area contributed by atoms with Crippen LogP contribution < -0.4 is 5.32 Å². The van der Waals surface area contributed by atoms with Crippen LogP contribution in [-0.4, -0.2) is 22.5 Å². The number of aromatic nitrogens is 1. The van der Waals surface area contributed by atoms with Crippen LogP contribution in [0.4, 0.5) is 5.69 Å². The van der Waals surface area contributed by atoms with E-state index in [-0.39, 0.29) is 5.69 Å². The van der Waals surface area contributed by atoms with Crippen molar-refractivity contribution >= 4 is 5.69 Å². The minimum atomic E-state index is -0.412. The monoisotopic (exact) mass is 249 g/mol. The van der Waals surface area contributed by atoms with E-state index in [1.54, 1.807) is 6.07 Å². The lowest BCUT2D eigenvalue weighted by Crippen LogP contribution is -2.33. The molecule has 0 aromatic carbocycles. The second-order valence-corrected chi connectivity index (χ2v) is 4.87. The van der Waals surface area contributed by atoms with Gasteiger partial charge in [-0.3, -0.25) is 15.1 Å². The molecule has 18 heavy (non-hydrogen) atoms. The summed E-state index contributed by atoms with van der Waals surface area (Å²) in [6.07, 6.45) is 5.90. The summed E-state index contributed by atoms with van der Waals surface area (Å²) in [4.78, 5) is 14.3. The Morgan fingerprint density at radius 2 is 2.33 bits per heavy atom. The Morgan fingerprint density at radius 3 is 2.83 bits per heavy atom. The van der Waals surface area contributed by atoms with E-state index in [1.165, 1.54) is 25.1 Å². The molecule has 1 unspecified atom stereocenters. The quantitative estimate of drug-likeness (QED) is 0.594. The number of nitrogens with zero attached hydrogens (tertiary/aromatic N) is 2. The fraction of sp³-hybridized carbons (Fsp3) is 0.615. The Bertz CT molecular complexity index is 401. The van der Waals surface area contributed by atoms with Crippen molar-refractivity contribution in [3.8, 4) is 0 Å². The molecule has 1 atom stereocenters. The Hall–Kier alpha value is -1.49. The molecule has 1 saturated carbocycles. The zero-order valence-electron chi connectivity index (χ0n) is 10.6. The number of pyridine rings is 1. The van der Waals surface area contributed by atoms with Crippen molar-refractivity contribution in [2.45, 2.75) is 38.6 Å². The molecule has 0 bridgehead atoms. The van der Waals surface area contributed by atoms with Gasteiger partial charge in [0.25, 0.3) is 5.69 Å². The van der Waals surface area contributed by atoms with Crippen molar-refractivity contribution in [2.75, 3.05) is 6.54 Å². The first-order valence-electron chi connectivity index (χ1n) is 6.53. The lowest BCUT2D eigenvalue weighted by molar-refractivity contribution is -0.385. The van der Waals surface area contributed by atoms with E-state index in [9.17, 15) is 10.1 Å². The number of hydrogen-bond donors (Lipinski definition) is 1. The molecule has 1 aliphatic carbocycles. The Morgan fingerprint density at radius 1 is 1.56 bits per heavy atom. The zero-order chi connectivity index (χ0) is 13.0. The average molecular weight is 249 g/mol. The predicted octanol–water partition coefficient (Wildman–Crippen LogP) is 2.31. The highest BCUT2D eigenvalue weighted by atomic mass is 16.6. The van der Waals surface area contributed by atoms with Gasteiger partial charge in [0, 0.05) is 24.2 Å². The van der Waals surface area contributed by atoms with E-state index in [0.29, 0.717) is 6.04 Å². The van der Waals surface area contributed by atoms with Crippen LogP contribution in [0.1, 0.15) is 31.9 Å². The largest absolute Gasteiger partial charge is 0.313 e. The Kier molecular flexibility index (Phi) is 4.25. The summed E-state index contributed by atoms with van der Waals surface area (Å²) in [5.41, 5.74) is 0.990. The zero-order valence-corrected chi connectivity index (χ0v) is 10.6. The summed E-state index contributed by atoms with van der Waals surface area (Å²) in [5, 5.41) is 14.1. The first-order valence-corrected chi connectivity index (χ1v) is 6.53. The van der Waals surface area contributed by atoms with Crippen LogP contribution in [0.3, 0.4) is 0 Å². The molecule has 0 radical (unpaired) electrons. The van der Waals surface area contributed by atoms with Gasteiger partial charge in [0.05, 0.1) is 4.92 Å². The summed E-state index contributed by atoms with van der Waals surface area (Å²) in [6.45, 7) is 3.18. The van der Waals surface area contributed by atoms with Crippen LogP contribution in [0.15, 0.2) is 18.3 Å². The summed E-state index contributed by atoms with van der Waals surface area (Å²) < 4.78 is 0. The van der Waals surface area contributed by atoms with E-state index >= 15 is 0 Å². The molecule has 1 aromatic rings. The predicted molar refractivity (Wildman–Crippen MR) is 69.4 cm³/mol. The first kappa shape index (κ1) is 13.0. The molecule has 2 rings (SSSR count). The van der Waals surface area contributed by atoms with Crippen molar-refractivity contribution < 1.29 is 4.92 Å². The fourth-order valence-corrected chi connectivity index (χ4v) is 2.10. The molecule has 1 aliphatic rings. The maximum absolute atomic E-state index is 10.5. The molecule has 0 aliphatic heterocycles. The van der Waals surface area contributed by atoms with Crippen molar-refractivity contribution in [1.82, 2.24) is 10.3 Å². The van der Waals surface area contributed by atoms with Gasteiger partial charge in [-0.25, -0.2) is 0 Å². The smallest absolute Gasteiger partial charge is 0.287 e. The summed E-state index contributed by atoms with van der Waals surface area (Å²) in [7, 11) is 0. The van der Waals surface area contributed by atoms with Crippen molar-refractivity contribution in [2.24, 2.45) is 5.92 Å². The second kappa shape index (κ2) is 5.91. The molecule has 5 heteroatoms. The molecule has 1 fully saturated rings. The van der Waals surface area contributed by atoms with Crippen LogP contribution in [0.2, 0.25) is 0 Å². The lowest BCUT2D eigenvalue weighted by atomic mass is 10.1. The number of nitrogens with one attached hydrogen (secondary N) is 1. The molecule has 1 heterocycles. The molecular formula is C13H19N3O2. The van der Waals surface area contributed by atoms with E-state index in [0.717, 1.165) is 31.0 Å². The summed E-state index contributed by atoms with van der Waals surface area (Å²) in [6, 6.07) is 3.77. The second-order valence-electron chi connectivity index (χ2n) is 4.87. The highest BCUT2D eigenvalue weighted by Crippen LogP contribution is 2.34. The topological polar surface area (TPSA) is 68.1 Å². The van der Waals surface area contributed by atoms with Crippen molar-refractivity contribution in [1.29, 1.82) is 0 Å². The SMILES string of the molecule is CCCNC(Cc1ccc([N+](=O)[O-])cn1)C1CC1. The third kappa shape index (κ3) is 3.50. The van der Waals surface area contributed by atoms with Gasteiger partial charge in [-0.2, -0.15) is 0 Å². The number of rotatable bonds is 7. The summed E-state index contributed by atoms with van der Waals surface area (Å²) in [5.74, 6) is 0.758. The Labute approximate surface area is 107 Å². The lowest BCUT2D eigenvalue weighted by Gasteiger charge is -2.17. The van der Waals surface area contributed by atoms with Crippen molar-refractivity contribution in [3.63, 3.8) is 0 Å². The molecule has 0 saturated heterocycles. The van der Waals surface area contributed by atoms with Crippen LogP contribution in [-0.2, 0) is 6.42 Å². The Balaban J connectivity index is 1.95. The number of nitro groups is 1. The van der Waals surface area contributed by atoms with Gasteiger partial charge < -0.3 is 5.32 Å². The molecule has 1 N–H and O–H groups in total. The van der Waals surface area contributed by atoms with E-state index < -0.39 is 4.92 Å². The number of hydrogen-bond acceptors (Lipinski definition) is 4. The highest BCUT2D eigenvalue weighted by Gasteiger charge is 2.30. The first-order chi connectivity index (χ1) is 8.70. The maximum Gasteiger partial charge on any atom is 0.287 e. The standard InChI is InChI=1S/C13H19N3O2/c1-2-7-14-13(10-3-4-10)8-11-5-6-12(9-15-11)16(17)18/h5-6,9-10,13-14H,2-4,7-8H2,1H3. The fourth-order valence-electron chi connectivity index (χ4n) is 2.10.